The molecule has 1 heteroatoms. The third-order valence-corrected chi connectivity index (χ3v) is 4.38. The summed E-state index contributed by atoms with van der Waals surface area (Å²) in [6.07, 6.45) is 12.3. The van der Waals surface area contributed by atoms with Gasteiger partial charge >= 0.3 is 0 Å². The van der Waals surface area contributed by atoms with Gasteiger partial charge in [0, 0.05) is 11.3 Å². The Hall–Kier alpha value is -1.13. The van der Waals surface area contributed by atoms with Gasteiger partial charge in [-0.15, -0.1) is 6.42 Å². The number of hydrogen-bond acceptors (Lipinski definition) is 0. The van der Waals surface area contributed by atoms with Crippen molar-refractivity contribution < 1.29 is 0 Å². The molecule has 72 valence electrons. The van der Waals surface area contributed by atoms with Crippen molar-refractivity contribution >= 4 is 16.1 Å². The summed E-state index contributed by atoms with van der Waals surface area (Å²) in [4.78, 5) is 0. The van der Waals surface area contributed by atoms with Crippen LogP contribution in [-0.4, -0.2) is 12.5 Å². The second-order valence-corrected chi connectivity index (χ2v) is 7.94. The van der Waals surface area contributed by atoms with Gasteiger partial charge in [0.15, 0.2) is 0 Å². The molecule has 0 radical (unpaired) electrons. The van der Waals surface area contributed by atoms with E-state index < -0.39 is 10.0 Å². The lowest BCUT2D eigenvalue weighted by molar-refractivity contribution is 1.36. The van der Waals surface area contributed by atoms with Gasteiger partial charge in [0.25, 0.3) is 0 Å². The Morgan fingerprint density at radius 2 is 2.14 bits per heavy atom. The third kappa shape index (κ3) is 1.71. The third-order valence-electron chi connectivity index (χ3n) is 2.46. The molecule has 2 rings (SSSR count). The first-order valence-corrected chi connectivity index (χ1v) is 7.27. The molecule has 0 atom stereocenters. The predicted molar refractivity (Wildman–Crippen MR) is 66.6 cm³/mol. The summed E-state index contributed by atoms with van der Waals surface area (Å²) < 4.78 is 0. The smallest absolute Gasteiger partial charge is 0.0248 e. The number of fused-ring (bicyclic) bond motifs is 1. The van der Waals surface area contributed by atoms with Crippen molar-refractivity contribution in [2.45, 2.75) is 5.75 Å². The quantitative estimate of drug-likeness (QED) is 0.567. The van der Waals surface area contributed by atoms with Crippen LogP contribution in [0.5, 0.6) is 0 Å². The van der Waals surface area contributed by atoms with Crippen molar-refractivity contribution in [3.63, 3.8) is 0 Å². The molecule has 0 saturated heterocycles. The molecule has 0 aromatic heterocycles. The summed E-state index contributed by atoms with van der Waals surface area (Å²) in [5, 5.41) is 2.34. The molecule has 0 saturated carbocycles. The number of benzene rings is 1. The highest BCUT2D eigenvalue weighted by Crippen LogP contribution is 2.49. The van der Waals surface area contributed by atoms with E-state index in [0.29, 0.717) is 0 Å². The molecule has 0 N–H and O–H groups in total. The van der Waals surface area contributed by atoms with Gasteiger partial charge in [-0.1, -0.05) is 12.0 Å². The Bertz CT molecular complexity index is 433. The zero-order chi connectivity index (χ0) is 10.2. The lowest BCUT2D eigenvalue weighted by atomic mass is 10.1. The van der Waals surface area contributed by atoms with Crippen LogP contribution in [0.3, 0.4) is 0 Å². The van der Waals surface area contributed by atoms with Crippen molar-refractivity contribution in [1.82, 2.24) is 0 Å². The molecule has 1 heterocycles. The molecule has 0 nitrogen and oxygen atoms in total. The van der Waals surface area contributed by atoms with Crippen LogP contribution < -0.4 is 0 Å². The van der Waals surface area contributed by atoms with Crippen LogP contribution in [0.1, 0.15) is 16.7 Å². The molecule has 1 aliphatic heterocycles. The zero-order valence-electron chi connectivity index (χ0n) is 8.58. The molecule has 1 aliphatic rings. The van der Waals surface area contributed by atoms with Gasteiger partial charge in [0.2, 0.25) is 0 Å². The molecular formula is C13H14S. The minimum atomic E-state index is -0.548. The maximum Gasteiger partial charge on any atom is 0.0248 e. The van der Waals surface area contributed by atoms with Crippen molar-refractivity contribution in [2.75, 3.05) is 12.5 Å². The number of terminal acetylenes is 1. The lowest BCUT2D eigenvalue weighted by Gasteiger charge is -2.31. The molecule has 0 fully saturated rings. The summed E-state index contributed by atoms with van der Waals surface area (Å²) in [5.74, 6) is 3.85. The molecule has 0 unspecified atom stereocenters. The van der Waals surface area contributed by atoms with Crippen LogP contribution in [0.4, 0.5) is 0 Å². The van der Waals surface area contributed by atoms with E-state index in [-0.39, 0.29) is 0 Å². The largest absolute Gasteiger partial charge is 0.223 e. The monoisotopic (exact) mass is 202 g/mol. The average molecular weight is 202 g/mol. The molecule has 14 heavy (non-hydrogen) atoms. The number of hydrogen-bond donors (Lipinski definition) is 0. The van der Waals surface area contributed by atoms with Gasteiger partial charge in [-0.25, -0.2) is 10.0 Å². The summed E-state index contributed by atoms with van der Waals surface area (Å²) in [7, 11) is -0.548. The second kappa shape index (κ2) is 3.22. The van der Waals surface area contributed by atoms with Crippen LogP contribution in [0.2, 0.25) is 0 Å². The Morgan fingerprint density at radius 1 is 1.36 bits per heavy atom. The van der Waals surface area contributed by atoms with E-state index >= 15 is 0 Å². The van der Waals surface area contributed by atoms with Gasteiger partial charge in [0.05, 0.1) is 0 Å². The zero-order valence-corrected chi connectivity index (χ0v) is 9.40. The van der Waals surface area contributed by atoms with Crippen LogP contribution >= 0.6 is 10.0 Å². The Kier molecular flexibility index (Phi) is 2.17. The first kappa shape index (κ1) is 9.43. The molecule has 0 bridgehead atoms. The fourth-order valence-corrected chi connectivity index (χ4v) is 3.35. The maximum absolute atomic E-state index is 5.37. The van der Waals surface area contributed by atoms with Gasteiger partial charge in [-0.05, 0) is 47.3 Å². The van der Waals surface area contributed by atoms with Crippen molar-refractivity contribution in [1.29, 1.82) is 0 Å². The first-order chi connectivity index (χ1) is 6.61. The van der Waals surface area contributed by atoms with Crippen molar-refractivity contribution in [3.8, 4) is 12.3 Å². The summed E-state index contributed by atoms with van der Waals surface area (Å²) in [6, 6.07) is 6.30. The topological polar surface area (TPSA) is 0 Å². The van der Waals surface area contributed by atoms with Crippen LogP contribution in [0.15, 0.2) is 23.6 Å². The fraction of sp³-hybridized carbons (Fsp3) is 0.231. The summed E-state index contributed by atoms with van der Waals surface area (Å²) in [5.41, 5.74) is 3.71. The molecule has 0 aliphatic carbocycles. The normalized spacial score (nSPS) is 19.5. The van der Waals surface area contributed by atoms with Crippen LogP contribution in [0, 0.1) is 12.3 Å². The maximum atomic E-state index is 5.37. The van der Waals surface area contributed by atoms with Gasteiger partial charge < -0.3 is 0 Å². The van der Waals surface area contributed by atoms with E-state index in [1.807, 2.05) is 6.07 Å². The highest BCUT2D eigenvalue weighted by molar-refractivity contribution is 8.34. The fourth-order valence-electron chi connectivity index (χ4n) is 1.68. The van der Waals surface area contributed by atoms with Gasteiger partial charge in [-0.3, -0.25) is 0 Å². The lowest BCUT2D eigenvalue weighted by Crippen LogP contribution is -2.02. The highest BCUT2D eigenvalue weighted by Gasteiger charge is 2.15. The Balaban J connectivity index is 2.47. The Morgan fingerprint density at radius 3 is 2.86 bits per heavy atom. The van der Waals surface area contributed by atoms with Gasteiger partial charge in [0.1, 0.15) is 0 Å². The average Bonchev–Trinajstić information content (AvgIpc) is 2.16. The van der Waals surface area contributed by atoms with E-state index in [1.165, 1.54) is 16.9 Å². The van der Waals surface area contributed by atoms with Crippen molar-refractivity contribution in [2.24, 2.45) is 0 Å². The Labute approximate surface area is 87.3 Å². The minimum Gasteiger partial charge on any atom is -0.223 e. The van der Waals surface area contributed by atoms with Crippen LogP contribution in [0.25, 0.3) is 6.08 Å². The SMILES string of the molecule is C#Cc1ccc2c(c1)C=CS(C)(C)C2. The van der Waals surface area contributed by atoms with Crippen molar-refractivity contribution in [3.05, 3.63) is 40.3 Å². The van der Waals surface area contributed by atoms with E-state index in [1.54, 1.807) is 0 Å². The summed E-state index contributed by atoms with van der Waals surface area (Å²) >= 11 is 0. The predicted octanol–water partition coefficient (Wildman–Crippen LogP) is 3.22. The molecular weight excluding hydrogens is 188 g/mol. The summed E-state index contributed by atoms with van der Waals surface area (Å²) in [6.45, 7) is 0. The second-order valence-electron chi connectivity index (χ2n) is 4.13. The van der Waals surface area contributed by atoms with Gasteiger partial charge in [-0.2, -0.15) is 0 Å². The number of rotatable bonds is 0. The van der Waals surface area contributed by atoms with Crippen LogP contribution in [-0.2, 0) is 5.75 Å². The molecule has 0 amide bonds. The van der Waals surface area contributed by atoms with E-state index in [2.05, 4.69) is 42.0 Å². The first-order valence-electron chi connectivity index (χ1n) is 4.59. The van der Waals surface area contributed by atoms with E-state index in [4.69, 9.17) is 6.42 Å². The highest BCUT2D eigenvalue weighted by atomic mass is 32.3. The molecule has 1 aromatic carbocycles. The standard InChI is InChI=1S/C13H14S/c1-4-11-5-6-13-10-14(2,3)8-7-12(13)9-11/h1,5-9H,10H2,2-3H3. The molecule has 0 spiro atoms. The van der Waals surface area contributed by atoms with E-state index in [9.17, 15) is 0 Å². The molecule has 1 aromatic rings. The van der Waals surface area contributed by atoms with E-state index in [0.717, 1.165) is 5.56 Å². The minimum absolute atomic E-state index is 0.548.